The minimum absolute atomic E-state index is 0. The highest BCUT2D eigenvalue weighted by Gasteiger charge is 2.13. The molecule has 1 aromatic rings. The Balaban J connectivity index is 0.00000324. The van der Waals surface area contributed by atoms with Crippen LogP contribution in [-0.2, 0) is 0 Å². The first-order chi connectivity index (χ1) is 8.28. The molecule has 0 bridgehead atoms. The summed E-state index contributed by atoms with van der Waals surface area (Å²) >= 11 is 11.8. The number of aliphatic hydroxyl groups excluding tert-OH is 1. The molecule has 6 heteroatoms. The van der Waals surface area contributed by atoms with Gasteiger partial charge in [0, 0.05) is 23.2 Å². The fourth-order valence-electron chi connectivity index (χ4n) is 1.26. The van der Waals surface area contributed by atoms with E-state index >= 15 is 0 Å². The molecule has 0 amide bonds. The molecule has 110 valence electrons. The van der Waals surface area contributed by atoms with Crippen molar-refractivity contribution >= 4 is 35.6 Å². The molecule has 1 aromatic carbocycles. The van der Waals surface area contributed by atoms with Crippen molar-refractivity contribution < 1.29 is 9.84 Å². The summed E-state index contributed by atoms with van der Waals surface area (Å²) in [7, 11) is 0. The fraction of sp³-hybridized carbons (Fsp3) is 0.538. The maximum absolute atomic E-state index is 9.77. The maximum atomic E-state index is 9.77. The first kappa shape index (κ1) is 18.8. The van der Waals surface area contributed by atoms with E-state index in [1.165, 1.54) is 0 Å². The zero-order valence-corrected chi connectivity index (χ0v) is 13.6. The van der Waals surface area contributed by atoms with Crippen molar-refractivity contribution in [3.63, 3.8) is 0 Å². The predicted octanol–water partition coefficient (Wildman–Crippen LogP) is 3.54. The van der Waals surface area contributed by atoms with Crippen LogP contribution < -0.4 is 10.1 Å². The highest BCUT2D eigenvalue weighted by atomic mass is 35.5. The minimum atomic E-state index is -0.598. The quantitative estimate of drug-likeness (QED) is 0.868. The second kappa shape index (κ2) is 8.18. The highest BCUT2D eigenvalue weighted by molar-refractivity contribution is 6.34. The van der Waals surface area contributed by atoms with Crippen LogP contribution in [0.15, 0.2) is 18.2 Å². The van der Waals surface area contributed by atoms with Gasteiger partial charge < -0.3 is 15.2 Å². The molecular formula is C13H20Cl3NO2. The Morgan fingerprint density at radius 2 is 1.95 bits per heavy atom. The topological polar surface area (TPSA) is 41.5 Å². The standard InChI is InChI=1S/C13H19Cl2NO2.ClH/c1-13(2,3)16-7-10(17)8-18-12-6-9(14)4-5-11(12)15;/h4-6,10,16-17H,7-8H2,1-3H3;1H/t10-;/m0./s1. The average Bonchev–Trinajstić information content (AvgIpc) is 2.26. The number of halogens is 3. The normalized spacial score (nSPS) is 12.7. The van der Waals surface area contributed by atoms with Gasteiger partial charge in [-0.05, 0) is 32.9 Å². The number of ether oxygens (including phenoxy) is 1. The number of rotatable bonds is 5. The van der Waals surface area contributed by atoms with Gasteiger partial charge in [-0.25, -0.2) is 0 Å². The van der Waals surface area contributed by atoms with Crippen molar-refractivity contribution in [2.24, 2.45) is 0 Å². The summed E-state index contributed by atoms with van der Waals surface area (Å²) < 4.78 is 5.44. The van der Waals surface area contributed by atoms with Gasteiger partial charge in [0.2, 0.25) is 0 Å². The van der Waals surface area contributed by atoms with Gasteiger partial charge in [0.1, 0.15) is 18.5 Å². The third kappa shape index (κ3) is 7.85. The molecule has 0 heterocycles. The molecule has 0 aliphatic heterocycles. The van der Waals surface area contributed by atoms with Crippen LogP contribution in [0.25, 0.3) is 0 Å². The molecule has 0 radical (unpaired) electrons. The molecule has 0 unspecified atom stereocenters. The Kier molecular flexibility index (Phi) is 8.09. The molecule has 0 aliphatic rings. The summed E-state index contributed by atoms with van der Waals surface area (Å²) in [6, 6.07) is 4.99. The summed E-state index contributed by atoms with van der Waals surface area (Å²) in [5.74, 6) is 0.485. The number of aliphatic hydroxyl groups is 1. The van der Waals surface area contributed by atoms with E-state index in [4.69, 9.17) is 27.9 Å². The van der Waals surface area contributed by atoms with Crippen LogP contribution in [0.1, 0.15) is 20.8 Å². The van der Waals surface area contributed by atoms with E-state index in [-0.39, 0.29) is 24.6 Å². The first-order valence-electron chi connectivity index (χ1n) is 5.79. The van der Waals surface area contributed by atoms with Crippen LogP contribution in [0.3, 0.4) is 0 Å². The maximum Gasteiger partial charge on any atom is 0.139 e. The third-order valence-corrected chi connectivity index (χ3v) is 2.74. The lowest BCUT2D eigenvalue weighted by Gasteiger charge is -2.23. The number of nitrogens with one attached hydrogen (secondary N) is 1. The minimum Gasteiger partial charge on any atom is -0.489 e. The molecule has 1 rings (SSSR count). The average molecular weight is 329 g/mol. The van der Waals surface area contributed by atoms with Crippen LogP contribution in [0, 0.1) is 0 Å². The van der Waals surface area contributed by atoms with Crippen molar-refractivity contribution in [1.82, 2.24) is 5.32 Å². The van der Waals surface area contributed by atoms with E-state index in [1.54, 1.807) is 18.2 Å². The smallest absolute Gasteiger partial charge is 0.139 e. The van der Waals surface area contributed by atoms with Crippen LogP contribution in [-0.4, -0.2) is 29.9 Å². The van der Waals surface area contributed by atoms with Crippen LogP contribution in [0.2, 0.25) is 10.0 Å². The lowest BCUT2D eigenvalue weighted by Crippen LogP contribution is -2.42. The van der Waals surface area contributed by atoms with Crippen LogP contribution in [0.5, 0.6) is 5.75 Å². The molecular weight excluding hydrogens is 309 g/mol. The SMILES string of the molecule is CC(C)(C)NC[C@H](O)COc1cc(Cl)ccc1Cl.Cl. The van der Waals surface area contributed by atoms with Gasteiger partial charge in [0.25, 0.3) is 0 Å². The monoisotopic (exact) mass is 327 g/mol. The second-order valence-corrected chi connectivity index (χ2v) is 6.01. The zero-order valence-electron chi connectivity index (χ0n) is 11.2. The lowest BCUT2D eigenvalue weighted by atomic mass is 10.1. The van der Waals surface area contributed by atoms with E-state index in [1.807, 2.05) is 20.8 Å². The lowest BCUT2D eigenvalue weighted by molar-refractivity contribution is 0.100. The van der Waals surface area contributed by atoms with Gasteiger partial charge >= 0.3 is 0 Å². The summed E-state index contributed by atoms with van der Waals surface area (Å²) in [4.78, 5) is 0. The zero-order chi connectivity index (χ0) is 13.8. The highest BCUT2D eigenvalue weighted by Crippen LogP contribution is 2.27. The number of β-amino-alcohol motifs (C(OH)–C–C–N with tert-alkyl or cyclic N) is 1. The molecule has 0 saturated carbocycles. The Labute approximate surface area is 130 Å². The largest absolute Gasteiger partial charge is 0.489 e. The van der Waals surface area contributed by atoms with Crippen molar-refractivity contribution in [2.45, 2.75) is 32.4 Å². The summed E-state index contributed by atoms with van der Waals surface area (Å²) in [5.41, 5.74) is -0.0331. The van der Waals surface area contributed by atoms with Crippen molar-refractivity contribution in [3.8, 4) is 5.75 Å². The van der Waals surface area contributed by atoms with Gasteiger partial charge in [0.15, 0.2) is 0 Å². The van der Waals surface area contributed by atoms with Crippen molar-refractivity contribution in [3.05, 3.63) is 28.2 Å². The molecule has 1 atom stereocenters. The van der Waals surface area contributed by atoms with Gasteiger partial charge in [-0.2, -0.15) is 0 Å². The Bertz CT molecular complexity index is 394. The van der Waals surface area contributed by atoms with E-state index in [0.29, 0.717) is 22.3 Å². The van der Waals surface area contributed by atoms with Gasteiger partial charge in [-0.3, -0.25) is 0 Å². The summed E-state index contributed by atoms with van der Waals surface area (Å²) in [6.07, 6.45) is -0.598. The number of benzene rings is 1. The summed E-state index contributed by atoms with van der Waals surface area (Å²) in [6.45, 7) is 6.74. The fourth-order valence-corrected chi connectivity index (χ4v) is 1.59. The van der Waals surface area contributed by atoms with E-state index in [0.717, 1.165) is 0 Å². The first-order valence-corrected chi connectivity index (χ1v) is 6.54. The Hall–Kier alpha value is -0.190. The number of hydrogen-bond acceptors (Lipinski definition) is 3. The van der Waals surface area contributed by atoms with Crippen LogP contribution in [0.4, 0.5) is 0 Å². The van der Waals surface area contributed by atoms with Gasteiger partial charge in [-0.15, -0.1) is 12.4 Å². The Morgan fingerprint density at radius 1 is 1.32 bits per heavy atom. The van der Waals surface area contributed by atoms with Crippen LogP contribution >= 0.6 is 35.6 Å². The second-order valence-electron chi connectivity index (χ2n) is 5.17. The molecule has 3 nitrogen and oxygen atoms in total. The van der Waals surface area contributed by atoms with Gasteiger partial charge in [0.05, 0.1) is 5.02 Å². The number of hydrogen-bond donors (Lipinski definition) is 2. The van der Waals surface area contributed by atoms with Crippen molar-refractivity contribution in [2.75, 3.05) is 13.2 Å². The van der Waals surface area contributed by atoms with E-state index in [9.17, 15) is 5.11 Å². The molecule has 0 aliphatic carbocycles. The summed E-state index contributed by atoms with van der Waals surface area (Å²) in [5, 5.41) is 14.0. The molecule has 2 N–H and O–H groups in total. The Morgan fingerprint density at radius 3 is 2.53 bits per heavy atom. The third-order valence-electron chi connectivity index (χ3n) is 2.19. The molecule has 19 heavy (non-hydrogen) atoms. The molecule has 0 saturated heterocycles. The predicted molar refractivity (Wildman–Crippen MR) is 83.0 cm³/mol. The molecule has 0 fully saturated rings. The van der Waals surface area contributed by atoms with Gasteiger partial charge in [-0.1, -0.05) is 23.2 Å². The molecule has 0 aromatic heterocycles. The van der Waals surface area contributed by atoms with Crippen molar-refractivity contribution in [1.29, 1.82) is 0 Å². The van der Waals surface area contributed by atoms with E-state index < -0.39 is 6.10 Å². The van der Waals surface area contributed by atoms with E-state index in [2.05, 4.69) is 5.32 Å². The molecule has 0 spiro atoms.